The molecule has 0 aromatic carbocycles. The van der Waals surface area contributed by atoms with Crippen LogP contribution >= 0.6 is 0 Å². The van der Waals surface area contributed by atoms with Crippen LogP contribution in [0.25, 0.3) is 11.3 Å². The molecule has 1 amide bonds. The van der Waals surface area contributed by atoms with Gasteiger partial charge < -0.3 is 10.3 Å². The van der Waals surface area contributed by atoms with Crippen LogP contribution in [-0.2, 0) is 6.42 Å². The molecule has 0 aliphatic carbocycles. The Morgan fingerprint density at radius 2 is 2.22 bits per heavy atom. The van der Waals surface area contributed by atoms with Crippen LogP contribution in [0.5, 0.6) is 0 Å². The topological polar surface area (TPSA) is 74.8 Å². The number of carbonyl (C=O) groups is 2. The summed E-state index contributed by atoms with van der Waals surface area (Å²) in [6.07, 6.45) is 3.09. The molecule has 0 spiro atoms. The molecule has 1 aliphatic heterocycles. The number of aldehydes is 1. The molecule has 90 valence electrons. The van der Waals surface area contributed by atoms with E-state index in [4.69, 9.17) is 0 Å². The maximum atomic E-state index is 11.7. The van der Waals surface area contributed by atoms with Crippen LogP contribution in [0, 0.1) is 0 Å². The highest BCUT2D eigenvalue weighted by atomic mass is 16.1. The zero-order valence-corrected chi connectivity index (χ0v) is 9.56. The molecule has 0 unspecified atom stereocenters. The molecule has 1 aliphatic rings. The van der Waals surface area contributed by atoms with Gasteiger partial charge in [-0.2, -0.15) is 0 Å². The van der Waals surface area contributed by atoms with Crippen LogP contribution in [0.1, 0.15) is 26.5 Å². The molecule has 2 aromatic rings. The fraction of sp³-hybridized carbons (Fsp3) is 0.154. The van der Waals surface area contributed by atoms with Crippen molar-refractivity contribution in [3.8, 4) is 11.3 Å². The number of aromatic amines is 1. The number of H-pyrrole nitrogens is 1. The van der Waals surface area contributed by atoms with E-state index in [9.17, 15) is 9.59 Å². The van der Waals surface area contributed by atoms with Crippen molar-refractivity contribution in [2.45, 2.75) is 6.42 Å². The molecule has 18 heavy (non-hydrogen) atoms. The average Bonchev–Trinajstić information content (AvgIpc) is 2.84. The molecule has 0 fully saturated rings. The van der Waals surface area contributed by atoms with Gasteiger partial charge in [0.1, 0.15) is 5.69 Å². The number of pyridine rings is 1. The van der Waals surface area contributed by atoms with E-state index >= 15 is 0 Å². The predicted molar refractivity (Wildman–Crippen MR) is 65.4 cm³/mol. The van der Waals surface area contributed by atoms with Crippen molar-refractivity contribution in [1.82, 2.24) is 15.3 Å². The quantitative estimate of drug-likeness (QED) is 0.775. The summed E-state index contributed by atoms with van der Waals surface area (Å²) in [5.41, 5.74) is 3.69. The third-order valence-electron chi connectivity index (χ3n) is 3.02. The molecule has 5 nitrogen and oxygen atoms in total. The van der Waals surface area contributed by atoms with Crippen molar-refractivity contribution in [3.63, 3.8) is 0 Å². The highest BCUT2D eigenvalue weighted by Crippen LogP contribution is 2.23. The first kappa shape index (κ1) is 10.7. The number of amides is 1. The minimum Gasteiger partial charge on any atom is -0.358 e. The van der Waals surface area contributed by atoms with Gasteiger partial charge in [-0.15, -0.1) is 0 Å². The summed E-state index contributed by atoms with van der Waals surface area (Å²) in [6, 6.07) is 5.32. The van der Waals surface area contributed by atoms with Gasteiger partial charge in [0.05, 0.1) is 5.56 Å². The summed E-state index contributed by atoms with van der Waals surface area (Å²) >= 11 is 0. The van der Waals surface area contributed by atoms with Crippen LogP contribution in [0.3, 0.4) is 0 Å². The van der Waals surface area contributed by atoms with Gasteiger partial charge in [0, 0.05) is 36.1 Å². The Hall–Kier alpha value is -2.43. The molecule has 0 atom stereocenters. The van der Waals surface area contributed by atoms with Gasteiger partial charge >= 0.3 is 0 Å². The number of nitrogens with zero attached hydrogens (tertiary/aromatic N) is 1. The van der Waals surface area contributed by atoms with E-state index in [1.54, 1.807) is 12.3 Å². The lowest BCUT2D eigenvalue weighted by atomic mass is 10.1. The lowest BCUT2D eigenvalue weighted by Gasteiger charge is -2.10. The van der Waals surface area contributed by atoms with Gasteiger partial charge in [-0.25, -0.2) is 0 Å². The van der Waals surface area contributed by atoms with E-state index in [1.807, 2.05) is 12.1 Å². The van der Waals surface area contributed by atoms with Gasteiger partial charge in [0.2, 0.25) is 0 Å². The number of nitrogens with one attached hydrogen (secondary N) is 2. The van der Waals surface area contributed by atoms with E-state index in [2.05, 4.69) is 15.3 Å². The number of hydrogen-bond donors (Lipinski definition) is 2. The molecule has 0 saturated heterocycles. The first-order chi connectivity index (χ1) is 8.78. The third-order valence-corrected chi connectivity index (χ3v) is 3.02. The van der Waals surface area contributed by atoms with Gasteiger partial charge in [-0.05, 0) is 18.2 Å². The lowest BCUT2D eigenvalue weighted by molar-refractivity contribution is 0.0945. The minimum absolute atomic E-state index is 0.0524. The average molecular weight is 241 g/mol. The van der Waals surface area contributed by atoms with E-state index < -0.39 is 0 Å². The van der Waals surface area contributed by atoms with Crippen LogP contribution < -0.4 is 5.32 Å². The smallest absolute Gasteiger partial charge is 0.253 e. The second-order valence-corrected chi connectivity index (χ2v) is 4.17. The van der Waals surface area contributed by atoms with Gasteiger partial charge in [0.25, 0.3) is 5.91 Å². The van der Waals surface area contributed by atoms with E-state index in [0.717, 1.165) is 23.4 Å². The predicted octanol–water partition coefficient (Wildman–Crippen LogP) is 1.18. The Morgan fingerprint density at radius 3 is 3.00 bits per heavy atom. The minimum atomic E-state index is -0.0524. The van der Waals surface area contributed by atoms with Crippen molar-refractivity contribution >= 4 is 12.2 Å². The van der Waals surface area contributed by atoms with Gasteiger partial charge in [-0.3, -0.25) is 14.6 Å². The maximum Gasteiger partial charge on any atom is 0.253 e. The van der Waals surface area contributed by atoms with E-state index in [0.29, 0.717) is 24.1 Å². The zero-order valence-electron chi connectivity index (χ0n) is 9.56. The number of carbonyl (C=O) groups excluding carboxylic acids is 2. The number of rotatable bonds is 2. The fourth-order valence-corrected chi connectivity index (χ4v) is 2.13. The molecule has 0 bridgehead atoms. The van der Waals surface area contributed by atoms with Gasteiger partial charge in [-0.1, -0.05) is 0 Å². The van der Waals surface area contributed by atoms with Crippen LogP contribution in [0.4, 0.5) is 0 Å². The maximum absolute atomic E-state index is 11.7. The van der Waals surface area contributed by atoms with Crippen molar-refractivity contribution in [2.75, 3.05) is 6.54 Å². The fourth-order valence-electron chi connectivity index (χ4n) is 2.13. The Kier molecular flexibility index (Phi) is 2.44. The Bertz CT molecular complexity index is 631. The van der Waals surface area contributed by atoms with Crippen molar-refractivity contribution in [1.29, 1.82) is 0 Å². The van der Waals surface area contributed by atoms with Crippen molar-refractivity contribution < 1.29 is 9.59 Å². The van der Waals surface area contributed by atoms with Crippen LogP contribution in [0.15, 0.2) is 24.4 Å². The van der Waals surface area contributed by atoms with E-state index in [-0.39, 0.29) is 5.91 Å². The Labute approximate surface area is 103 Å². The Morgan fingerprint density at radius 1 is 1.33 bits per heavy atom. The summed E-state index contributed by atoms with van der Waals surface area (Å²) < 4.78 is 0. The second kappa shape index (κ2) is 4.10. The molecule has 0 radical (unpaired) electrons. The highest BCUT2D eigenvalue weighted by molar-refractivity contribution is 5.97. The van der Waals surface area contributed by atoms with Crippen molar-refractivity contribution in [2.24, 2.45) is 0 Å². The number of fused-ring (bicyclic) bond motifs is 1. The van der Waals surface area contributed by atoms with Crippen LogP contribution in [0.2, 0.25) is 0 Å². The molecular formula is C13H11N3O2. The molecule has 5 heteroatoms. The molecule has 2 aromatic heterocycles. The summed E-state index contributed by atoms with van der Waals surface area (Å²) in [7, 11) is 0. The zero-order chi connectivity index (χ0) is 12.5. The molecule has 3 rings (SSSR count). The molecule has 2 N–H and O–H groups in total. The first-order valence-electron chi connectivity index (χ1n) is 5.69. The van der Waals surface area contributed by atoms with Gasteiger partial charge in [0.15, 0.2) is 6.29 Å². The number of hydrogen-bond acceptors (Lipinski definition) is 3. The Balaban J connectivity index is 2.07. The molecule has 0 saturated carbocycles. The molecule has 3 heterocycles. The summed E-state index contributed by atoms with van der Waals surface area (Å²) in [6.45, 7) is 0.654. The second-order valence-electron chi connectivity index (χ2n) is 4.17. The summed E-state index contributed by atoms with van der Waals surface area (Å²) in [5.74, 6) is -0.0524. The van der Waals surface area contributed by atoms with Crippen LogP contribution in [-0.4, -0.2) is 28.7 Å². The SMILES string of the molecule is O=Cc1cc(-c2cc3c([nH]2)CCNC3=O)ccn1. The summed E-state index contributed by atoms with van der Waals surface area (Å²) in [4.78, 5) is 29.5. The third kappa shape index (κ3) is 1.69. The first-order valence-corrected chi connectivity index (χ1v) is 5.69. The standard InChI is InChI=1S/C13H11N3O2/c17-7-9-5-8(1-3-14-9)12-6-10-11(16-12)2-4-15-13(10)18/h1,3,5-7,16H,2,4H2,(H,15,18). The highest BCUT2D eigenvalue weighted by Gasteiger charge is 2.19. The van der Waals surface area contributed by atoms with E-state index in [1.165, 1.54) is 0 Å². The lowest BCUT2D eigenvalue weighted by Crippen LogP contribution is -2.31. The monoisotopic (exact) mass is 241 g/mol. The van der Waals surface area contributed by atoms with Crippen molar-refractivity contribution in [3.05, 3.63) is 41.3 Å². The molecular weight excluding hydrogens is 230 g/mol. The number of aromatic nitrogens is 2. The largest absolute Gasteiger partial charge is 0.358 e. The summed E-state index contributed by atoms with van der Waals surface area (Å²) in [5, 5.41) is 2.80. The normalized spacial score (nSPS) is 13.9.